The molecule has 2 rings (SSSR count). The second-order valence-electron chi connectivity index (χ2n) is 7.92. The van der Waals surface area contributed by atoms with Crippen LogP contribution in [0.2, 0.25) is 0 Å². The summed E-state index contributed by atoms with van der Waals surface area (Å²) in [4.78, 5) is 28.1. The molecule has 2 amide bonds. The Bertz CT molecular complexity index is 608. The van der Waals surface area contributed by atoms with Gasteiger partial charge in [0.1, 0.15) is 18.0 Å². The molecule has 1 aromatic carbocycles. The maximum absolute atomic E-state index is 12.3. The summed E-state index contributed by atoms with van der Waals surface area (Å²) in [5.41, 5.74) is -0.508. The number of rotatable bonds is 8. The number of alkyl carbamates (subject to hydrolysis) is 1. The Morgan fingerprint density at radius 2 is 1.75 bits per heavy atom. The average Bonchev–Trinajstić information content (AvgIpc) is 2.65. The molecule has 7 heteroatoms. The van der Waals surface area contributed by atoms with Crippen LogP contribution in [0, 0.1) is 0 Å². The first-order chi connectivity index (χ1) is 13.3. The first-order valence-corrected chi connectivity index (χ1v) is 9.98. The summed E-state index contributed by atoms with van der Waals surface area (Å²) in [6.45, 7) is 10.6. The highest BCUT2D eigenvalue weighted by atomic mass is 16.6. The van der Waals surface area contributed by atoms with E-state index in [1.807, 2.05) is 56.0 Å². The molecule has 0 bridgehead atoms. The molecule has 0 aromatic heterocycles. The summed E-state index contributed by atoms with van der Waals surface area (Å²) < 4.78 is 10.9. The van der Waals surface area contributed by atoms with Crippen LogP contribution in [0.4, 0.5) is 4.79 Å². The van der Waals surface area contributed by atoms with Crippen LogP contribution in [0.5, 0.6) is 5.75 Å². The number of piperazine rings is 1. The van der Waals surface area contributed by atoms with E-state index in [-0.39, 0.29) is 5.91 Å². The fraction of sp³-hybridized carbons (Fsp3) is 0.619. The Hall–Kier alpha value is -2.28. The predicted octanol–water partition coefficient (Wildman–Crippen LogP) is 2.51. The fourth-order valence-corrected chi connectivity index (χ4v) is 2.93. The molecule has 1 saturated heterocycles. The van der Waals surface area contributed by atoms with Gasteiger partial charge in [0.05, 0.1) is 0 Å². The zero-order valence-electron chi connectivity index (χ0n) is 17.3. The van der Waals surface area contributed by atoms with Crippen LogP contribution >= 0.6 is 0 Å². The van der Waals surface area contributed by atoms with Gasteiger partial charge in [-0.3, -0.25) is 9.69 Å². The van der Waals surface area contributed by atoms with Gasteiger partial charge >= 0.3 is 6.09 Å². The van der Waals surface area contributed by atoms with Crippen molar-refractivity contribution in [2.45, 2.75) is 39.2 Å². The first-order valence-electron chi connectivity index (χ1n) is 9.98. The molecule has 0 atom stereocenters. The van der Waals surface area contributed by atoms with Crippen LogP contribution in [0.1, 0.15) is 33.6 Å². The summed E-state index contributed by atoms with van der Waals surface area (Å²) in [5.74, 6) is 1.03. The van der Waals surface area contributed by atoms with Crippen molar-refractivity contribution in [3.63, 3.8) is 0 Å². The Morgan fingerprint density at radius 1 is 1.07 bits per heavy atom. The van der Waals surface area contributed by atoms with Gasteiger partial charge in [0.15, 0.2) is 0 Å². The molecule has 0 radical (unpaired) electrons. The van der Waals surface area contributed by atoms with E-state index < -0.39 is 11.7 Å². The third kappa shape index (κ3) is 8.61. The molecule has 28 heavy (non-hydrogen) atoms. The molecule has 1 heterocycles. The van der Waals surface area contributed by atoms with Gasteiger partial charge in [0.2, 0.25) is 5.91 Å². The summed E-state index contributed by atoms with van der Waals surface area (Å²) in [6.07, 6.45) is 0.613. The largest absolute Gasteiger partial charge is 0.492 e. The molecule has 1 aliphatic heterocycles. The van der Waals surface area contributed by atoms with Crippen LogP contribution in [0.3, 0.4) is 0 Å². The van der Waals surface area contributed by atoms with Gasteiger partial charge in [-0.25, -0.2) is 4.79 Å². The minimum absolute atomic E-state index is 0.145. The highest BCUT2D eigenvalue weighted by Crippen LogP contribution is 2.10. The lowest BCUT2D eigenvalue weighted by Gasteiger charge is -2.34. The van der Waals surface area contributed by atoms with Gasteiger partial charge in [0, 0.05) is 45.7 Å². The molecule has 1 aliphatic rings. The zero-order valence-corrected chi connectivity index (χ0v) is 17.3. The smallest absolute Gasteiger partial charge is 0.407 e. The lowest BCUT2D eigenvalue weighted by Crippen LogP contribution is -2.49. The molecule has 156 valence electrons. The Balaban J connectivity index is 1.54. The van der Waals surface area contributed by atoms with Crippen LogP contribution in [-0.2, 0) is 9.53 Å². The lowest BCUT2D eigenvalue weighted by atomic mass is 10.2. The van der Waals surface area contributed by atoms with Gasteiger partial charge in [-0.2, -0.15) is 0 Å². The number of carbonyl (C=O) groups excluding carboxylic acids is 2. The Kier molecular flexibility index (Phi) is 8.57. The van der Waals surface area contributed by atoms with Crippen LogP contribution in [0.15, 0.2) is 30.3 Å². The van der Waals surface area contributed by atoms with Crippen molar-refractivity contribution in [3.05, 3.63) is 30.3 Å². The first kappa shape index (κ1) is 22.0. The lowest BCUT2D eigenvalue weighted by molar-refractivity contribution is -0.133. The minimum Gasteiger partial charge on any atom is -0.492 e. The number of nitrogens with one attached hydrogen (secondary N) is 1. The van der Waals surface area contributed by atoms with Crippen molar-refractivity contribution in [1.29, 1.82) is 0 Å². The van der Waals surface area contributed by atoms with Crippen molar-refractivity contribution >= 4 is 12.0 Å². The van der Waals surface area contributed by atoms with Crippen molar-refractivity contribution in [2.24, 2.45) is 0 Å². The molecule has 0 spiro atoms. The second-order valence-corrected chi connectivity index (χ2v) is 7.92. The van der Waals surface area contributed by atoms with E-state index in [1.54, 1.807) is 0 Å². The van der Waals surface area contributed by atoms with E-state index in [0.29, 0.717) is 26.0 Å². The fourth-order valence-electron chi connectivity index (χ4n) is 2.93. The molecule has 0 saturated carbocycles. The van der Waals surface area contributed by atoms with Crippen LogP contribution in [0.25, 0.3) is 0 Å². The van der Waals surface area contributed by atoms with E-state index in [2.05, 4.69) is 10.2 Å². The third-order valence-corrected chi connectivity index (χ3v) is 4.38. The SMILES string of the molecule is CC(C)(C)OC(=O)NCCCC(=O)N1CCN(CCOc2ccccc2)CC1. The molecule has 1 aromatic rings. The third-order valence-electron chi connectivity index (χ3n) is 4.38. The van der Waals surface area contributed by atoms with Crippen molar-refractivity contribution in [3.8, 4) is 5.75 Å². The number of nitrogens with zero attached hydrogens (tertiary/aromatic N) is 2. The molecular weight excluding hydrogens is 358 g/mol. The molecule has 1 N–H and O–H groups in total. The Morgan fingerprint density at radius 3 is 2.39 bits per heavy atom. The van der Waals surface area contributed by atoms with Crippen LogP contribution < -0.4 is 10.1 Å². The summed E-state index contributed by atoms with van der Waals surface area (Å²) in [7, 11) is 0. The molecule has 1 fully saturated rings. The number of benzene rings is 1. The molecular formula is C21H33N3O4. The minimum atomic E-state index is -0.508. The van der Waals surface area contributed by atoms with E-state index in [9.17, 15) is 9.59 Å². The van der Waals surface area contributed by atoms with E-state index in [0.717, 1.165) is 38.5 Å². The van der Waals surface area contributed by atoms with Gasteiger partial charge in [-0.1, -0.05) is 18.2 Å². The maximum atomic E-state index is 12.3. The number of carbonyl (C=O) groups is 2. The highest BCUT2D eigenvalue weighted by molar-refractivity contribution is 5.76. The summed E-state index contributed by atoms with van der Waals surface area (Å²) >= 11 is 0. The zero-order chi connectivity index (χ0) is 20.4. The maximum Gasteiger partial charge on any atom is 0.407 e. The number of amides is 2. The predicted molar refractivity (Wildman–Crippen MR) is 108 cm³/mol. The highest BCUT2D eigenvalue weighted by Gasteiger charge is 2.21. The molecule has 0 aliphatic carbocycles. The molecule has 0 unspecified atom stereocenters. The van der Waals surface area contributed by atoms with E-state index in [4.69, 9.17) is 9.47 Å². The summed E-state index contributed by atoms with van der Waals surface area (Å²) in [6, 6.07) is 9.80. The Labute approximate surface area is 168 Å². The standard InChI is InChI=1S/C21H33N3O4/c1-21(2,3)28-20(26)22-11-7-10-19(25)24-14-12-23(13-15-24)16-17-27-18-8-5-4-6-9-18/h4-6,8-9H,7,10-17H2,1-3H3,(H,22,26). The van der Waals surface area contributed by atoms with Crippen LogP contribution in [-0.4, -0.2) is 73.3 Å². The van der Waals surface area contributed by atoms with Gasteiger partial charge in [0.25, 0.3) is 0 Å². The summed E-state index contributed by atoms with van der Waals surface area (Å²) in [5, 5.41) is 2.69. The quantitative estimate of drug-likeness (QED) is 0.690. The van der Waals surface area contributed by atoms with Gasteiger partial charge in [-0.05, 0) is 39.3 Å². The van der Waals surface area contributed by atoms with E-state index in [1.165, 1.54) is 0 Å². The number of hydrogen-bond acceptors (Lipinski definition) is 5. The van der Waals surface area contributed by atoms with E-state index >= 15 is 0 Å². The number of hydrogen-bond donors (Lipinski definition) is 1. The molecule has 7 nitrogen and oxygen atoms in total. The average molecular weight is 392 g/mol. The monoisotopic (exact) mass is 391 g/mol. The normalized spacial score (nSPS) is 15.2. The van der Waals surface area contributed by atoms with Gasteiger partial charge in [-0.15, -0.1) is 0 Å². The van der Waals surface area contributed by atoms with Crippen molar-refractivity contribution < 1.29 is 19.1 Å². The van der Waals surface area contributed by atoms with Gasteiger partial charge < -0.3 is 19.7 Å². The second kappa shape index (κ2) is 10.9. The topological polar surface area (TPSA) is 71.1 Å². The number of para-hydroxylation sites is 1. The van der Waals surface area contributed by atoms with Crippen molar-refractivity contribution in [2.75, 3.05) is 45.9 Å². The number of ether oxygens (including phenoxy) is 2. The van der Waals surface area contributed by atoms with Crippen molar-refractivity contribution in [1.82, 2.24) is 15.1 Å².